The molecule has 0 bridgehead atoms. The normalized spacial score (nSPS) is 10.8. The summed E-state index contributed by atoms with van der Waals surface area (Å²) in [6.07, 6.45) is 0. The molecule has 0 spiro atoms. The van der Waals surface area contributed by atoms with Crippen molar-refractivity contribution in [3.8, 4) is 11.1 Å². The largest absolute Gasteiger partial charge is 0.253 e. The highest BCUT2D eigenvalue weighted by Gasteiger charge is 2.03. The second-order valence-electron chi connectivity index (χ2n) is 4.68. The van der Waals surface area contributed by atoms with Crippen molar-refractivity contribution in [2.45, 2.75) is 13.8 Å². The van der Waals surface area contributed by atoms with Gasteiger partial charge in [-0.3, -0.25) is 4.98 Å². The number of pyridine rings is 1. The summed E-state index contributed by atoms with van der Waals surface area (Å²) in [5, 5.41) is 1.24. The van der Waals surface area contributed by atoms with Gasteiger partial charge in [-0.2, -0.15) is 0 Å². The van der Waals surface area contributed by atoms with Crippen LogP contribution in [0.15, 0.2) is 54.6 Å². The minimum atomic E-state index is 1.07. The van der Waals surface area contributed by atoms with E-state index in [4.69, 9.17) is 0 Å². The number of nitrogens with zero attached hydrogens (tertiary/aromatic N) is 1. The molecule has 2 aromatic carbocycles. The van der Waals surface area contributed by atoms with Gasteiger partial charge in [0.15, 0.2) is 0 Å². The Morgan fingerprint density at radius 2 is 1.56 bits per heavy atom. The summed E-state index contributed by atoms with van der Waals surface area (Å²) >= 11 is 0. The van der Waals surface area contributed by atoms with Crippen molar-refractivity contribution >= 4 is 10.9 Å². The highest BCUT2D eigenvalue weighted by Crippen LogP contribution is 2.25. The van der Waals surface area contributed by atoms with Crippen molar-refractivity contribution in [1.82, 2.24) is 4.98 Å². The van der Waals surface area contributed by atoms with Gasteiger partial charge in [0.05, 0.1) is 5.52 Å². The quantitative estimate of drug-likeness (QED) is 0.602. The van der Waals surface area contributed by atoms with Gasteiger partial charge in [0.25, 0.3) is 0 Å². The van der Waals surface area contributed by atoms with E-state index >= 15 is 0 Å². The smallest absolute Gasteiger partial charge is 0.0714 e. The molecule has 0 atom stereocenters. The van der Waals surface area contributed by atoms with E-state index in [9.17, 15) is 0 Å². The van der Waals surface area contributed by atoms with Gasteiger partial charge in [0, 0.05) is 11.1 Å². The molecule has 0 saturated carbocycles. The first-order valence-electron chi connectivity index (χ1n) is 6.17. The topological polar surface area (TPSA) is 12.9 Å². The van der Waals surface area contributed by atoms with Crippen LogP contribution < -0.4 is 0 Å². The van der Waals surface area contributed by atoms with Gasteiger partial charge in [0.2, 0.25) is 0 Å². The summed E-state index contributed by atoms with van der Waals surface area (Å²) < 4.78 is 0. The molecular weight excluding hydrogens is 218 g/mol. The van der Waals surface area contributed by atoms with Crippen molar-refractivity contribution in [1.29, 1.82) is 0 Å². The van der Waals surface area contributed by atoms with E-state index in [1.165, 1.54) is 22.1 Å². The monoisotopic (exact) mass is 233 g/mol. The van der Waals surface area contributed by atoms with Crippen molar-refractivity contribution in [2.75, 3.05) is 0 Å². The molecule has 0 unspecified atom stereocenters. The molecule has 0 radical (unpaired) electrons. The number of rotatable bonds is 1. The van der Waals surface area contributed by atoms with Gasteiger partial charge in [-0.25, -0.2) is 0 Å². The lowest BCUT2D eigenvalue weighted by Gasteiger charge is -2.06. The first-order chi connectivity index (χ1) is 8.74. The summed E-state index contributed by atoms with van der Waals surface area (Å²) in [7, 11) is 0. The number of hydrogen-bond donors (Lipinski definition) is 0. The molecule has 3 rings (SSSR count). The maximum atomic E-state index is 4.62. The predicted octanol–water partition coefficient (Wildman–Crippen LogP) is 4.52. The molecule has 18 heavy (non-hydrogen) atoms. The molecular formula is C17H15N. The van der Waals surface area contributed by atoms with E-state index in [1.807, 2.05) is 13.0 Å². The third-order valence-electron chi connectivity index (χ3n) is 3.25. The highest BCUT2D eigenvalue weighted by atomic mass is 14.7. The summed E-state index contributed by atoms with van der Waals surface area (Å²) in [6.45, 7) is 4.18. The highest BCUT2D eigenvalue weighted by molar-refractivity contribution is 5.86. The fraction of sp³-hybridized carbons (Fsp3) is 0.118. The molecule has 1 heterocycles. The van der Waals surface area contributed by atoms with Gasteiger partial charge in [-0.1, -0.05) is 42.5 Å². The molecule has 0 aliphatic carbocycles. The Hall–Kier alpha value is -2.15. The second-order valence-corrected chi connectivity index (χ2v) is 4.68. The Morgan fingerprint density at radius 1 is 0.778 bits per heavy atom. The molecule has 3 aromatic rings. The Labute approximate surface area is 107 Å². The van der Waals surface area contributed by atoms with Crippen molar-refractivity contribution in [3.05, 3.63) is 65.9 Å². The second kappa shape index (κ2) is 4.26. The molecule has 0 aliphatic rings. The molecule has 1 aromatic heterocycles. The Kier molecular flexibility index (Phi) is 2.60. The standard InChI is InChI=1S/C17H15N/c1-12-10-13(2)18-17-11-15(8-9-16(12)17)14-6-4-3-5-7-14/h3-11H,1-2H3. The Balaban J connectivity index is 2.23. The SMILES string of the molecule is Cc1cc(C)c2ccc(-c3ccccc3)cc2n1. The molecule has 1 heteroatoms. The lowest BCUT2D eigenvalue weighted by atomic mass is 10.0. The number of aromatic nitrogens is 1. The zero-order chi connectivity index (χ0) is 12.5. The summed E-state index contributed by atoms with van der Waals surface area (Å²) in [5.74, 6) is 0. The third-order valence-corrected chi connectivity index (χ3v) is 3.25. The van der Waals surface area contributed by atoms with Gasteiger partial charge < -0.3 is 0 Å². The van der Waals surface area contributed by atoms with Crippen LogP contribution in [-0.2, 0) is 0 Å². The minimum absolute atomic E-state index is 1.07. The average Bonchev–Trinajstić information content (AvgIpc) is 2.39. The number of hydrogen-bond acceptors (Lipinski definition) is 1. The third kappa shape index (κ3) is 1.88. The Morgan fingerprint density at radius 3 is 2.33 bits per heavy atom. The first-order valence-corrected chi connectivity index (χ1v) is 6.17. The van der Waals surface area contributed by atoms with Gasteiger partial charge >= 0.3 is 0 Å². The van der Waals surface area contributed by atoms with Crippen LogP contribution in [0.2, 0.25) is 0 Å². The summed E-state index contributed by atoms with van der Waals surface area (Å²) in [5.41, 5.74) is 5.90. The maximum Gasteiger partial charge on any atom is 0.0714 e. The fourth-order valence-electron chi connectivity index (χ4n) is 2.38. The molecule has 0 aliphatic heterocycles. The van der Waals surface area contributed by atoms with Crippen molar-refractivity contribution < 1.29 is 0 Å². The molecule has 0 amide bonds. The van der Waals surface area contributed by atoms with Gasteiger partial charge in [-0.05, 0) is 42.7 Å². The van der Waals surface area contributed by atoms with Crippen molar-refractivity contribution in [3.63, 3.8) is 0 Å². The average molecular weight is 233 g/mol. The fourth-order valence-corrected chi connectivity index (χ4v) is 2.38. The number of fused-ring (bicyclic) bond motifs is 1. The number of benzene rings is 2. The number of aryl methyl sites for hydroxylation is 2. The predicted molar refractivity (Wildman–Crippen MR) is 76.7 cm³/mol. The van der Waals surface area contributed by atoms with Crippen LogP contribution in [0, 0.1) is 13.8 Å². The summed E-state index contributed by atoms with van der Waals surface area (Å²) in [4.78, 5) is 4.62. The molecule has 88 valence electrons. The lowest BCUT2D eigenvalue weighted by Crippen LogP contribution is -1.88. The van der Waals surface area contributed by atoms with Crippen LogP contribution in [0.25, 0.3) is 22.0 Å². The van der Waals surface area contributed by atoms with Crippen molar-refractivity contribution in [2.24, 2.45) is 0 Å². The van der Waals surface area contributed by atoms with E-state index < -0.39 is 0 Å². The molecule has 0 fully saturated rings. The molecule has 0 saturated heterocycles. The molecule has 0 N–H and O–H groups in total. The lowest BCUT2D eigenvalue weighted by molar-refractivity contribution is 1.23. The van der Waals surface area contributed by atoms with Gasteiger partial charge in [-0.15, -0.1) is 0 Å². The zero-order valence-electron chi connectivity index (χ0n) is 10.6. The Bertz CT molecular complexity index is 699. The van der Waals surface area contributed by atoms with E-state index in [1.54, 1.807) is 0 Å². The van der Waals surface area contributed by atoms with Crippen LogP contribution in [0.3, 0.4) is 0 Å². The van der Waals surface area contributed by atoms with Crippen LogP contribution in [0.4, 0.5) is 0 Å². The zero-order valence-corrected chi connectivity index (χ0v) is 10.6. The van der Waals surface area contributed by atoms with E-state index in [0.29, 0.717) is 0 Å². The van der Waals surface area contributed by atoms with Crippen LogP contribution >= 0.6 is 0 Å². The van der Waals surface area contributed by atoms with Crippen LogP contribution in [0.1, 0.15) is 11.3 Å². The van der Waals surface area contributed by atoms with Gasteiger partial charge in [0.1, 0.15) is 0 Å². The van der Waals surface area contributed by atoms with E-state index in [2.05, 4.69) is 60.4 Å². The molecule has 1 nitrogen and oxygen atoms in total. The summed E-state index contributed by atoms with van der Waals surface area (Å²) in [6, 6.07) is 19.1. The maximum absolute atomic E-state index is 4.62. The first kappa shape index (κ1) is 11.0. The van der Waals surface area contributed by atoms with Crippen LogP contribution in [-0.4, -0.2) is 4.98 Å². The van der Waals surface area contributed by atoms with E-state index in [-0.39, 0.29) is 0 Å². The van der Waals surface area contributed by atoms with Crippen LogP contribution in [0.5, 0.6) is 0 Å². The minimum Gasteiger partial charge on any atom is -0.253 e. The van der Waals surface area contributed by atoms with E-state index in [0.717, 1.165) is 11.2 Å².